The summed E-state index contributed by atoms with van der Waals surface area (Å²) in [6.45, 7) is 2.63. The Morgan fingerprint density at radius 2 is 1.50 bits per heavy atom. The SMILES string of the molecule is COc1ccccc1C(=O)NC(=S)Nc1ccccc1N1CCN(C(=O)c2ccccc2)CC1. The number of nitrogens with zero attached hydrogens (tertiary/aromatic N) is 2. The molecule has 174 valence electrons. The summed E-state index contributed by atoms with van der Waals surface area (Å²) in [7, 11) is 1.52. The van der Waals surface area contributed by atoms with Crippen LogP contribution in [0.2, 0.25) is 0 Å². The number of carbonyl (C=O) groups is 2. The number of thiocarbonyl (C=S) groups is 1. The molecule has 7 nitrogen and oxygen atoms in total. The van der Waals surface area contributed by atoms with Gasteiger partial charge in [-0.2, -0.15) is 0 Å². The zero-order valence-corrected chi connectivity index (χ0v) is 19.7. The van der Waals surface area contributed by atoms with Gasteiger partial charge in [-0.05, 0) is 48.6 Å². The summed E-state index contributed by atoms with van der Waals surface area (Å²) in [6, 6.07) is 24.1. The Labute approximate surface area is 204 Å². The van der Waals surface area contributed by atoms with Crippen LogP contribution in [0.3, 0.4) is 0 Å². The molecule has 1 aliphatic rings. The lowest BCUT2D eigenvalue weighted by molar-refractivity contribution is 0.0746. The Balaban J connectivity index is 1.39. The highest BCUT2D eigenvalue weighted by Gasteiger charge is 2.23. The summed E-state index contributed by atoms with van der Waals surface area (Å²) in [4.78, 5) is 29.5. The Morgan fingerprint density at radius 3 is 2.24 bits per heavy atom. The van der Waals surface area contributed by atoms with E-state index in [2.05, 4.69) is 15.5 Å². The minimum absolute atomic E-state index is 0.0480. The normalized spacial score (nSPS) is 13.2. The van der Waals surface area contributed by atoms with Crippen molar-refractivity contribution in [3.8, 4) is 5.75 Å². The van der Waals surface area contributed by atoms with Crippen molar-refractivity contribution >= 4 is 40.5 Å². The van der Waals surface area contributed by atoms with E-state index in [4.69, 9.17) is 17.0 Å². The van der Waals surface area contributed by atoms with Gasteiger partial charge in [0, 0.05) is 31.7 Å². The van der Waals surface area contributed by atoms with Crippen molar-refractivity contribution in [3.63, 3.8) is 0 Å². The van der Waals surface area contributed by atoms with Crippen LogP contribution in [0, 0.1) is 0 Å². The van der Waals surface area contributed by atoms with Gasteiger partial charge in [0.05, 0.1) is 24.0 Å². The van der Waals surface area contributed by atoms with E-state index in [-0.39, 0.29) is 16.9 Å². The second-order valence-corrected chi connectivity index (χ2v) is 8.18. The van der Waals surface area contributed by atoms with Gasteiger partial charge in [0.25, 0.3) is 11.8 Å². The molecule has 34 heavy (non-hydrogen) atoms. The highest BCUT2D eigenvalue weighted by molar-refractivity contribution is 7.80. The maximum Gasteiger partial charge on any atom is 0.261 e. The number of methoxy groups -OCH3 is 1. The van der Waals surface area contributed by atoms with Crippen molar-refractivity contribution < 1.29 is 14.3 Å². The van der Waals surface area contributed by atoms with Crippen LogP contribution in [0.4, 0.5) is 11.4 Å². The molecule has 1 aliphatic heterocycles. The molecule has 0 unspecified atom stereocenters. The topological polar surface area (TPSA) is 73.9 Å². The van der Waals surface area contributed by atoms with Gasteiger partial charge in [-0.25, -0.2) is 0 Å². The zero-order chi connectivity index (χ0) is 23.9. The van der Waals surface area contributed by atoms with Gasteiger partial charge in [0.15, 0.2) is 5.11 Å². The number of amides is 2. The Morgan fingerprint density at radius 1 is 0.853 bits per heavy atom. The largest absolute Gasteiger partial charge is 0.496 e. The number of hydrogen-bond donors (Lipinski definition) is 2. The molecule has 1 fully saturated rings. The first-order valence-electron chi connectivity index (χ1n) is 11.0. The van der Waals surface area contributed by atoms with Gasteiger partial charge in [-0.3, -0.25) is 14.9 Å². The average molecular weight is 475 g/mol. The summed E-state index contributed by atoms with van der Waals surface area (Å²) < 4.78 is 5.26. The number of rotatable bonds is 5. The average Bonchev–Trinajstić information content (AvgIpc) is 2.89. The van der Waals surface area contributed by atoms with Crippen molar-refractivity contribution in [2.24, 2.45) is 0 Å². The van der Waals surface area contributed by atoms with E-state index < -0.39 is 0 Å². The van der Waals surface area contributed by atoms with Gasteiger partial charge in [-0.1, -0.05) is 42.5 Å². The maximum absolute atomic E-state index is 12.7. The molecule has 0 atom stereocenters. The minimum Gasteiger partial charge on any atom is -0.496 e. The first-order valence-corrected chi connectivity index (χ1v) is 11.4. The number of nitrogens with one attached hydrogen (secondary N) is 2. The van der Waals surface area contributed by atoms with E-state index in [0.717, 1.165) is 11.4 Å². The van der Waals surface area contributed by atoms with Crippen LogP contribution in [0.15, 0.2) is 78.9 Å². The molecular formula is C26H26N4O3S. The lowest BCUT2D eigenvalue weighted by Crippen LogP contribution is -2.49. The summed E-state index contributed by atoms with van der Waals surface area (Å²) in [6.07, 6.45) is 0. The van der Waals surface area contributed by atoms with Gasteiger partial charge in [0.2, 0.25) is 0 Å². The molecule has 4 rings (SSSR count). The van der Waals surface area contributed by atoms with Crippen molar-refractivity contribution in [1.29, 1.82) is 0 Å². The number of benzene rings is 3. The smallest absolute Gasteiger partial charge is 0.261 e. The zero-order valence-electron chi connectivity index (χ0n) is 18.9. The van der Waals surface area contributed by atoms with Crippen LogP contribution in [-0.2, 0) is 0 Å². The van der Waals surface area contributed by atoms with Gasteiger partial charge in [-0.15, -0.1) is 0 Å². The van der Waals surface area contributed by atoms with E-state index in [1.807, 2.05) is 59.5 Å². The highest BCUT2D eigenvalue weighted by Crippen LogP contribution is 2.27. The van der Waals surface area contributed by atoms with E-state index in [0.29, 0.717) is 43.1 Å². The fourth-order valence-corrected chi connectivity index (χ4v) is 4.13. The molecule has 2 amide bonds. The van der Waals surface area contributed by atoms with E-state index in [1.54, 1.807) is 24.3 Å². The van der Waals surface area contributed by atoms with Crippen molar-refractivity contribution in [3.05, 3.63) is 90.0 Å². The highest BCUT2D eigenvalue weighted by atomic mass is 32.1. The molecule has 0 aromatic heterocycles. The van der Waals surface area contributed by atoms with Crippen LogP contribution in [0.25, 0.3) is 0 Å². The van der Waals surface area contributed by atoms with Crippen molar-refractivity contribution in [2.75, 3.05) is 43.5 Å². The fourth-order valence-electron chi connectivity index (χ4n) is 3.93. The molecule has 3 aromatic rings. The first kappa shape index (κ1) is 23.3. The number of piperazine rings is 1. The quantitative estimate of drug-likeness (QED) is 0.549. The van der Waals surface area contributed by atoms with Gasteiger partial charge >= 0.3 is 0 Å². The van der Waals surface area contributed by atoms with Crippen LogP contribution in [-0.4, -0.2) is 55.1 Å². The van der Waals surface area contributed by atoms with Crippen LogP contribution >= 0.6 is 12.2 Å². The number of ether oxygens (including phenoxy) is 1. The summed E-state index contributed by atoms with van der Waals surface area (Å²) in [5.74, 6) is 0.179. The third kappa shape index (κ3) is 5.35. The molecule has 2 N–H and O–H groups in total. The molecule has 0 saturated carbocycles. The minimum atomic E-state index is -0.347. The number of anilines is 2. The molecule has 1 heterocycles. The van der Waals surface area contributed by atoms with Crippen molar-refractivity contribution in [1.82, 2.24) is 10.2 Å². The molecule has 0 spiro atoms. The number of para-hydroxylation sites is 3. The Bertz CT molecular complexity index is 1180. The molecular weight excluding hydrogens is 448 g/mol. The molecule has 0 bridgehead atoms. The first-order chi connectivity index (χ1) is 16.6. The Hall–Kier alpha value is -3.91. The van der Waals surface area contributed by atoms with E-state index in [9.17, 15) is 9.59 Å². The second-order valence-electron chi connectivity index (χ2n) is 7.77. The third-order valence-electron chi connectivity index (χ3n) is 5.66. The summed E-state index contributed by atoms with van der Waals surface area (Å²) in [5, 5.41) is 6.06. The van der Waals surface area contributed by atoms with Crippen LogP contribution in [0.5, 0.6) is 5.75 Å². The lowest BCUT2D eigenvalue weighted by Gasteiger charge is -2.37. The molecule has 0 aliphatic carbocycles. The monoisotopic (exact) mass is 474 g/mol. The predicted molar refractivity (Wildman–Crippen MR) is 138 cm³/mol. The Kier molecular flexibility index (Phi) is 7.39. The standard InChI is InChI=1S/C26H26N4O3S/c1-33-23-14-8-5-11-20(23)24(31)28-26(34)27-21-12-6-7-13-22(21)29-15-17-30(18-16-29)25(32)19-9-3-2-4-10-19/h2-14H,15-18H2,1H3,(H2,27,28,31,34). The predicted octanol–water partition coefficient (Wildman–Crippen LogP) is 3.78. The third-order valence-corrected chi connectivity index (χ3v) is 5.86. The van der Waals surface area contributed by atoms with Crippen LogP contribution < -0.4 is 20.3 Å². The molecule has 8 heteroatoms. The lowest BCUT2D eigenvalue weighted by atomic mass is 10.1. The maximum atomic E-state index is 12.7. The fraction of sp³-hybridized carbons (Fsp3) is 0.192. The molecule has 0 radical (unpaired) electrons. The second kappa shape index (κ2) is 10.8. The van der Waals surface area contributed by atoms with Gasteiger partial charge in [0.1, 0.15) is 5.75 Å². The van der Waals surface area contributed by atoms with Gasteiger partial charge < -0.3 is 19.9 Å². The van der Waals surface area contributed by atoms with Crippen molar-refractivity contribution in [2.45, 2.75) is 0 Å². The van der Waals surface area contributed by atoms with E-state index in [1.165, 1.54) is 7.11 Å². The number of carbonyl (C=O) groups excluding carboxylic acids is 2. The van der Waals surface area contributed by atoms with E-state index >= 15 is 0 Å². The summed E-state index contributed by atoms with van der Waals surface area (Å²) in [5.41, 5.74) is 2.86. The van der Waals surface area contributed by atoms with Crippen LogP contribution in [0.1, 0.15) is 20.7 Å². The molecule has 3 aromatic carbocycles. The molecule has 1 saturated heterocycles. The summed E-state index contributed by atoms with van der Waals surface area (Å²) >= 11 is 5.40. The number of hydrogen-bond acceptors (Lipinski definition) is 5.